The second-order valence-electron chi connectivity index (χ2n) is 6.30. The fourth-order valence-corrected chi connectivity index (χ4v) is 3.26. The highest BCUT2D eigenvalue weighted by molar-refractivity contribution is 5.95. The molecule has 2 aliphatic rings. The molecule has 2 fully saturated rings. The molecule has 1 saturated carbocycles. The van der Waals surface area contributed by atoms with Crippen molar-refractivity contribution in [1.82, 2.24) is 29.9 Å². The molecule has 3 heterocycles. The number of nitrogens with zero attached hydrogens (tertiary/aromatic N) is 5. The van der Waals surface area contributed by atoms with Crippen molar-refractivity contribution in [3.8, 4) is 0 Å². The van der Waals surface area contributed by atoms with Crippen LogP contribution in [0.5, 0.6) is 0 Å². The number of rotatable bonds is 3. The number of aromatic nitrogens is 5. The van der Waals surface area contributed by atoms with Crippen LogP contribution in [0.2, 0.25) is 0 Å². The Morgan fingerprint density at radius 3 is 2.68 bits per heavy atom. The van der Waals surface area contributed by atoms with Gasteiger partial charge in [-0.2, -0.15) is 5.10 Å². The topological polar surface area (TPSA) is 79.7 Å². The fourth-order valence-electron chi connectivity index (χ4n) is 3.26. The maximum atomic E-state index is 12.5. The molecule has 0 aromatic carbocycles. The van der Waals surface area contributed by atoms with Crippen LogP contribution >= 0.6 is 0 Å². The summed E-state index contributed by atoms with van der Waals surface area (Å²) < 4.78 is 2.24. The van der Waals surface area contributed by atoms with Crippen LogP contribution in [0.25, 0.3) is 0 Å². The van der Waals surface area contributed by atoms with Crippen LogP contribution in [0.15, 0.2) is 12.5 Å². The van der Waals surface area contributed by atoms with Crippen LogP contribution in [-0.4, -0.2) is 48.9 Å². The Hall–Kier alpha value is -2.18. The summed E-state index contributed by atoms with van der Waals surface area (Å²) in [5, 5.41) is 15.2. The third kappa shape index (κ3) is 2.30. The van der Waals surface area contributed by atoms with E-state index in [1.165, 1.54) is 12.8 Å². The van der Waals surface area contributed by atoms with Gasteiger partial charge in [-0.15, -0.1) is 10.2 Å². The van der Waals surface area contributed by atoms with Gasteiger partial charge >= 0.3 is 0 Å². The van der Waals surface area contributed by atoms with Crippen molar-refractivity contribution in [2.24, 2.45) is 0 Å². The van der Waals surface area contributed by atoms with Crippen molar-refractivity contribution >= 4 is 5.91 Å². The predicted molar refractivity (Wildman–Crippen MR) is 79.5 cm³/mol. The standard InChI is InChI=1S/C15H20N6O/c1-10-13(8-16-18-10)15(22)20-6-4-11(5-7-20)14-19-17-9-21(14)12-2-3-12/h8-9,11-12H,2-7H2,1H3,(H,16,18). The molecule has 7 nitrogen and oxygen atoms in total. The molecule has 4 rings (SSSR count). The number of carbonyl (C=O) groups excluding carboxylic acids is 1. The van der Waals surface area contributed by atoms with E-state index >= 15 is 0 Å². The summed E-state index contributed by atoms with van der Waals surface area (Å²) in [4.78, 5) is 14.4. The van der Waals surface area contributed by atoms with Gasteiger partial charge in [-0.25, -0.2) is 0 Å². The average Bonchev–Trinajstić information content (AvgIpc) is 3.11. The number of aryl methyl sites for hydroxylation is 1. The first-order valence-corrected chi connectivity index (χ1v) is 7.92. The summed E-state index contributed by atoms with van der Waals surface area (Å²) in [6, 6.07) is 0.609. The zero-order valence-electron chi connectivity index (χ0n) is 12.7. The number of carbonyl (C=O) groups is 1. The summed E-state index contributed by atoms with van der Waals surface area (Å²) >= 11 is 0. The van der Waals surface area contributed by atoms with Gasteiger partial charge in [0, 0.05) is 30.7 Å². The molecule has 0 unspecified atom stereocenters. The molecule has 116 valence electrons. The lowest BCUT2D eigenvalue weighted by Gasteiger charge is -2.31. The fraction of sp³-hybridized carbons (Fsp3) is 0.600. The second-order valence-corrected chi connectivity index (χ2v) is 6.30. The molecule has 1 N–H and O–H groups in total. The van der Waals surface area contributed by atoms with Crippen molar-refractivity contribution < 1.29 is 4.79 Å². The molecule has 2 aromatic heterocycles. The average molecular weight is 300 g/mol. The van der Waals surface area contributed by atoms with Crippen LogP contribution in [0.3, 0.4) is 0 Å². The van der Waals surface area contributed by atoms with Crippen LogP contribution in [0.1, 0.15) is 59.5 Å². The molecule has 0 spiro atoms. The first-order valence-electron chi connectivity index (χ1n) is 7.92. The molecular weight excluding hydrogens is 280 g/mol. The van der Waals surface area contributed by atoms with E-state index < -0.39 is 0 Å². The van der Waals surface area contributed by atoms with Crippen molar-refractivity contribution in [2.75, 3.05) is 13.1 Å². The number of amides is 1. The van der Waals surface area contributed by atoms with Gasteiger partial charge in [-0.05, 0) is 32.6 Å². The SMILES string of the molecule is Cc1[nH]ncc1C(=O)N1CCC(c2nncn2C2CC2)CC1. The molecule has 0 radical (unpaired) electrons. The Morgan fingerprint density at radius 1 is 1.27 bits per heavy atom. The number of likely N-dealkylation sites (tertiary alicyclic amines) is 1. The smallest absolute Gasteiger partial charge is 0.257 e. The first-order chi connectivity index (χ1) is 10.7. The highest BCUT2D eigenvalue weighted by Gasteiger charge is 2.32. The third-order valence-electron chi connectivity index (χ3n) is 4.75. The Balaban J connectivity index is 1.43. The van der Waals surface area contributed by atoms with E-state index in [2.05, 4.69) is 25.0 Å². The molecule has 1 aliphatic carbocycles. The molecule has 0 bridgehead atoms. The van der Waals surface area contributed by atoms with Crippen molar-refractivity contribution in [1.29, 1.82) is 0 Å². The largest absolute Gasteiger partial charge is 0.338 e. The van der Waals surface area contributed by atoms with E-state index in [0.29, 0.717) is 17.5 Å². The minimum absolute atomic E-state index is 0.0772. The molecule has 2 aromatic rings. The summed E-state index contributed by atoms with van der Waals surface area (Å²) in [5.41, 5.74) is 1.51. The maximum Gasteiger partial charge on any atom is 0.257 e. The second kappa shape index (κ2) is 5.23. The summed E-state index contributed by atoms with van der Waals surface area (Å²) in [5.74, 6) is 1.60. The zero-order valence-corrected chi connectivity index (χ0v) is 12.7. The maximum absolute atomic E-state index is 12.5. The zero-order chi connectivity index (χ0) is 15.1. The van der Waals surface area contributed by atoms with Crippen molar-refractivity contribution in [2.45, 2.75) is 44.6 Å². The molecule has 1 aliphatic heterocycles. The van der Waals surface area contributed by atoms with Gasteiger partial charge in [0.05, 0.1) is 11.8 Å². The molecule has 0 atom stereocenters. The number of hydrogen-bond donors (Lipinski definition) is 1. The van der Waals surface area contributed by atoms with E-state index in [4.69, 9.17) is 0 Å². The normalized spacial score (nSPS) is 19.6. The van der Waals surface area contributed by atoms with Gasteiger partial charge in [-0.3, -0.25) is 9.89 Å². The quantitative estimate of drug-likeness (QED) is 0.935. The number of aromatic amines is 1. The van der Waals surface area contributed by atoms with E-state index in [9.17, 15) is 4.79 Å². The highest BCUT2D eigenvalue weighted by atomic mass is 16.2. The Bertz CT molecular complexity index is 678. The van der Waals surface area contributed by atoms with Gasteiger partial charge < -0.3 is 9.47 Å². The van der Waals surface area contributed by atoms with Gasteiger partial charge in [0.25, 0.3) is 5.91 Å². The Kier molecular flexibility index (Phi) is 3.20. The van der Waals surface area contributed by atoms with E-state index in [1.54, 1.807) is 6.20 Å². The molecule has 1 saturated heterocycles. The molecule has 22 heavy (non-hydrogen) atoms. The number of piperidine rings is 1. The van der Waals surface area contributed by atoms with E-state index in [0.717, 1.165) is 37.4 Å². The van der Waals surface area contributed by atoms with Crippen LogP contribution < -0.4 is 0 Å². The molecule has 7 heteroatoms. The summed E-state index contributed by atoms with van der Waals surface area (Å²) in [6.45, 7) is 3.42. The van der Waals surface area contributed by atoms with Gasteiger partial charge in [0.2, 0.25) is 0 Å². The van der Waals surface area contributed by atoms with Crippen molar-refractivity contribution in [3.05, 3.63) is 29.6 Å². The van der Waals surface area contributed by atoms with Crippen LogP contribution in [0.4, 0.5) is 0 Å². The lowest BCUT2D eigenvalue weighted by atomic mass is 9.95. The van der Waals surface area contributed by atoms with Crippen molar-refractivity contribution in [3.63, 3.8) is 0 Å². The molecular formula is C15H20N6O. The third-order valence-corrected chi connectivity index (χ3v) is 4.75. The monoisotopic (exact) mass is 300 g/mol. The van der Waals surface area contributed by atoms with Gasteiger partial charge in [-0.1, -0.05) is 0 Å². The highest BCUT2D eigenvalue weighted by Crippen LogP contribution is 2.38. The van der Waals surface area contributed by atoms with Crippen LogP contribution in [0, 0.1) is 6.92 Å². The summed E-state index contributed by atoms with van der Waals surface area (Å²) in [7, 11) is 0. The van der Waals surface area contributed by atoms with Gasteiger partial charge in [0.1, 0.15) is 12.2 Å². The minimum Gasteiger partial charge on any atom is -0.338 e. The van der Waals surface area contributed by atoms with E-state index in [-0.39, 0.29) is 5.91 Å². The van der Waals surface area contributed by atoms with Gasteiger partial charge in [0.15, 0.2) is 0 Å². The Morgan fingerprint density at radius 2 is 2.05 bits per heavy atom. The molecule has 1 amide bonds. The Labute approximate surface area is 128 Å². The number of H-pyrrole nitrogens is 1. The lowest BCUT2D eigenvalue weighted by molar-refractivity contribution is 0.0709. The predicted octanol–water partition coefficient (Wildman–Crippen LogP) is 1.66. The minimum atomic E-state index is 0.0772. The number of hydrogen-bond acceptors (Lipinski definition) is 4. The van der Waals surface area contributed by atoms with E-state index in [1.807, 2.05) is 18.2 Å². The lowest BCUT2D eigenvalue weighted by Crippen LogP contribution is -2.38. The summed E-state index contributed by atoms with van der Waals surface area (Å²) in [6.07, 6.45) is 7.86. The first kappa shape index (κ1) is 13.5. The number of nitrogens with one attached hydrogen (secondary N) is 1. The van der Waals surface area contributed by atoms with Crippen LogP contribution in [-0.2, 0) is 0 Å².